The predicted octanol–water partition coefficient (Wildman–Crippen LogP) is 5.05. The summed E-state index contributed by atoms with van der Waals surface area (Å²) in [7, 11) is 0. The van der Waals surface area contributed by atoms with Gasteiger partial charge in [0.1, 0.15) is 0 Å². The fourth-order valence-corrected chi connectivity index (χ4v) is 3.07. The number of H-pyrrole nitrogens is 2. The van der Waals surface area contributed by atoms with Crippen molar-refractivity contribution in [3.8, 4) is 33.6 Å². The molecule has 3 heteroatoms. The zero-order valence-corrected chi connectivity index (χ0v) is 12.9. The molecule has 4 rings (SSSR count). The van der Waals surface area contributed by atoms with Gasteiger partial charge in [-0.2, -0.15) is 5.10 Å². The molecule has 2 heterocycles. The molecular weight excluding hydrogens is 282 g/mol. The first kappa shape index (κ1) is 13.6. The summed E-state index contributed by atoms with van der Waals surface area (Å²) in [4.78, 5) is 3.57. The number of benzene rings is 2. The highest BCUT2D eigenvalue weighted by molar-refractivity contribution is 5.94. The zero-order valence-electron chi connectivity index (χ0n) is 12.9. The summed E-state index contributed by atoms with van der Waals surface area (Å²) in [5.41, 5.74) is 8.05. The molecule has 112 valence electrons. The number of hydrogen-bond acceptors (Lipinski definition) is 1. The fraction of sp³-hybridized carbons (Fsp3) is 0.0500. The van der Waals surface area contributed by atoms with E-state index in [1.165, 1.54) is 22.3 Å². The van der Waals surface area contributed by atoms with E-state index in [4.69, 9.17) is 0 Å². The van der Waals surface area contributed by atoms with Crippen LogP contribution in [0.4, 0.5) is 0 Å². The molecule has 0 saturated heterocycles. The highest BCUT2D eigenvalue weighted by Gasteiger charge is 2.19. The Morgan fingerprint density at radius 1 is 0.739 bits per heavy atom. The number of aromatic amines is 2. The van der Waals surface area contributed by atoms with Crippen LogP contribution in [0.2, 0.25) is 0 Å². The number of rotatable bonds is 3. The maximum atomic E-state index is 4.12. The molecule has 0 atom stereocenters. The van der Waals surface area contributed by atoms with Crippen LogP contribution in [-0.2, 0) is 0 Å². The molecule has 0 amide bonds. The number of nitrogens with zero attached hydrogens (tertiary/aromatic N) is 1. The van der Waals surface area contributed by atoms with E-state index in [2.05, 4.69) is 70.6 Å². The normalized spacial score (nSPS) is 10.8. The van der Waals surface area contributed by atoms with Crippen molar-refractivity contribution in [3.05, 3.63) is 78.6 Å². The Kier molecular flexibility index (Phi) is 3.31. The summed E-state index contributed by atoms with van der Waals surface area (Å²) >= 11 is 0. The fourth-order valence-electron chi connectivity index (χ4n) is 3.07. The van der Waals surface area contributed by atoms with Gasteiger partial charge in [0.25, 0.3) is 0 Å². The van der Waals surface area contributed by atoms with Crippen molar-refractivity contribution in [2.24, 2.45) is 0 Å². The maximum Gasteiger partial charge on any atom is 0.0674 e. The molecule has 2 aromatic heterocycles. The molecule has 0 spiro atoms. The van der Waals surface area contributed by atoms with Crippen LogP contribution in [0, 0.1) is 6.92 Å². The lowest BCUT2D eigenvalue weighted by Gasteiger charge is -2.08. The smallest absolute Gasteiger partial charge is 0.0674 e. The second-order valence-corrected chi connectivity index (χ2v) is 5.58. The van der Waals surface area contributed by atoms with Crippen LogP contribution in [-0.4, -0.2) is 15.2 Å². The highest BCUT2D eigenvalue weighted by atomic mass is 15.1. The van der Waals surface area contributed by atoms with Gasteiger partial charge in [-0.3, -0.25) is 5.10 Å². The zero-order chi connectivity index (χ0) is 15.6. The van der Waals surface area contributed by atoms with Crippen LogP contribution in [0.25, 0.3) is 33.6 Å². The average Bonchev–Trinajstić information content (AvgIpc) is 3.23. The van der Waals surface area contributed by atoms with E-state index in [9.17, 15) is 0 Å². The van der Waals surface area contributed by atoms with Gasteiger partial charge in [0, 0.05) is 23.0 Å². The van der Waals surface area contributed by atoms with Crippen molar-refractivity contribution in [2.75, 3.05) is 0 Å². The summed E-state index contributed by atoms with van der Waals surface area (Å²) < 4.78 is 0. The molecule has 3 nitrogen and oxygen atoms in total. The molecule has 2 aromatic carbocycles. The Hall–Kier alpha value is -3.07. The maximum absolute atomic E-state index is 4.12. The van der Waals surface area contributed by atoms with E-state index in [1.54, 1.807) is 6.20 Å². The lowest BCUT2D eigenvalue weighted by molar-refractivity contribution is 1.09. The van der Waals surface area contributed by atoms with Crippen molar-refractivity contribution in [2.45, 2.75) is 6.92 Å². The van der Waals surface area contributed by atoms with E-state index in [-0.39, 0.29) is 0 Å². The van der Waals surface area contributed by atoms with Gasteiger partial charge in [-0.05, 0) is 24.1 Å². The van der Waals surface area contributed by atoms with E-state index in [0.29, 0.717) is 0 Å². The summed E-state index contributed by atoms with van der Waals surface area (Å²) in [5.74, 6) is 0. The topological polar surface area (TPSA) is 44.5 Å². The standard InChI is InChI=1S/C20H17N3/c1-14-18(17-12-13-21-23-17)19(15-8-4-2-5-9-15)20(22-14)16-10-6-3-7-11-16/h2-13,22H,1H3,(H,21,23). The third-order valence-electron chi connectivity index (χ3n) is 4.08. The van der Waals surface area contributed by atoms with E-state index >= 15 is 0 Å². The monoisotopic (exact) mass is 299 g/mol. The molecule has 4 aromatic rings. The molecule has 0 aliphatic rings. The Labute approximate surface area is 135 Å². The first-order chi connectivity index (χ1) is 11.3. The summed E-state index contributed by atoms with van der Waals surface area (Å²) in [6.45, 7) is 2.11. The van der Waals surface area contributed by atoms with Crippen LogP contribution in [0.1, 0.15) is 5.69 Å². The van der Waals surface area contributed by atoms with Crippen LogP contribution in [0.5, 0.6) is 0 Å². The molecule has 0 aliphatic carbocycles. The lowest BCUT2D eigenvalue weighted by Crippen LogP contribution is -1.85. The SMILES string of the molecule is Cc1[nH]c(-c2ccccc2)c(-c2ccccc2)c1-c1ccn[nH]1. The molecule has 2 N–H and O–H groups in total. The van der Waals surface area contributed by atoms with Crippen molar-refractivity contribution in [1.82, 2.24) is 15.2 Å². The van der Waals surface area contributed by atoms with Crippen LogP contribution >= 0.6 is 0 Å². The van der Waals surface area contributed by atoms with E-state index < -0.39 is 0 Å². The predicted molar refractivity (Wildman–Crippen MR) is 94.0 cm³/mol. The van der Waals surface area contributed by atoms with Crippen molar-refractivity contribution in [1.29, 1.82) is 0 Å². The third-order valence-corrected chi connectivity index (χ3v) is 4.08. The van der Waals surface area contributed by atoms with E-state index in [0.717, 1.165) is 17.1 Å². The van der Waals surface area contributed by atoms with Gasteiger partial charge in [0.2, 0.25) is 0 Å². The van der Waals surface area contributed by atoms with Crippen molar-refractivity contribution >= 4 is 0 Å². The van der Waals surface area contributed by atoms with Gasteiger partial charge in [-0.15, -0.1) is 0 Å². The van der Waals surface area contributed by atoms with Gasteiger partial charge in [0.05, 0.1) is 11.4 Å². The second-order valence-electron chi connectivity index (χ2n) is 5.58. The minimum atomic E-state index is 1.03. The molecule has 0 fully saturated rings. The minimum Gasteiger partial charge on any atom is -0.358 e. The highest BCUT2D eigenvalue weighted by Crippen LogP contribution is 2.41. The number of aryl methyl sites for hydroxylation is 1. The number of hydrogen-bond donors (Lipinski definition) is 2. The first-order valence-electron chi connectivity index (χ1n) is 7.68. The molecule has 0 aliphatic heterocycles. The number of aromatic nitrogens is 3. The van der Waals surface area contributed by atoms with Crippen molar-refractivity contribution < 1.29 is 0 Å². The third kappa shape index (κ3) is 2.36. The first-order valence-corrected chi connectivity index (χ1v) is 7.68. The molecule has 0 saturated carbocycles. The van der Waals surface area contributed by atoms with E-state index in [1.807, 2.05) is 18.2 Å². The Morgan fingerprint density at radius 2 is 1.39 bits per heavy atom. The molecule has 0 bridgehead atoms. The molecule has 0 radical (unpaired) electrons. The van der Waals surface area contributed by atoms with Crippen LogP contribution < -0.4 is 0 Å². The van der Waals surface area contributed by atoms with Crippen LogP contribution in [0.15, 0.2) is 72.9 Å². The molecular formula is C20H17N3. The quantitative estimate of drug-likeness (QED) is 0.546. The molecule has 23 heavy (non-hydrogen) atoms. The summed E-state index contributed by atoms with van der Waals surface area (Å²) in [5, 5.41) is 7.22. The van der Waals surface area contributed by atoms with Gasteiger partial charge in [-0.1, -0.05) is 60.7 Å². The Bertz CT molecular complexity index is 904. The lowest BCUT2D eigenvalue weighted by atomic mass is 9.95. The number of nitrogens with one attached hydrogen (secondary N) is 2. The second kappa shape index (κ2) is 5.61. The largest absolute Gasteiger partial charge is 0.358 e. The van der Waals surface area contributed by atoms with Crippen molar-refractivity contribution in [3.63, 3.8) is 0 Å². The Morgan fingerprint density at radius 3 is 2.00 bits per heavy atom. The molecule has 0 unspecified atom stereocenters. The summed E-state index contributed by atoms with van der Waals surface area (Å²) in [6.07, 6.45) is 1.79. The van der Waals surface area contributed by atoms with Gasteiger partial charge in [-0.25, -0.2) is 0 Å². The average molecular weight is 299 g/mol. The Balaban J connectivity index is 2.03. The van der Waals surface area contributed by atoms with Gasteiger partial charge < -0.3 is 4.98 Å². The minimum absolute atomic E-state index is 1.03. The summed E-state index contributed by atoms with van der Waals surface area (Å²) in [6, 6.07) is 22.9. The van der Waals surface area contributed by atoms with Crippen LogP contribution in [0.3, 0.4) is 0 Å². The van der Waals surface area contributed by atoms with Gasteiger partial charge in [0.15, 0.2) is 0 Å². The van der Waals surface area contributed by atoms with Gasteiger partial charge >= 0.3 is 0 Å².